The second kappa shape index (κ2) is 6.14. The molecule has 0 N–H and O–H groups in total. The van der Waals surface area contributed by atoms with Gasteiger partial charge < -0.3 is 9.30 Å². The zero-order valence-electron chi connectivity index (χ0n) is 11.6. The average Bonchev–Trinajstić information content (AvgIpc) is 3.04. The highest BCUT2D eigenvalue weighted by atomic mass is 16.5. The van der Waals surface area contributed by atoms with Gasteiger partial charge >= 0.3 is 5.97 Å². The Kier molecular flexibility index (Phi) is 4.29. The molecule has 0 aliphatic heterocycles. The first kappa shape index (κ1) is 14.0. The number of aromatic nitrogens is 5. The van der Waals surface area contributed by atoms with Gasteiger partial charge in [-0.2, -0.15) is 0 Å². The largest absolute Gasteiger partial charge is 0.457 e. The fraction of sp³-hybridized carbons (Fsp3) is 0.385. The van der Waals surface area contributed by atoms with E-state index < -0.39 is 5.97 Å². The van der Waals surface area contributed by atoms with Crippen LogP contribution in [0.15, 0.2) is 25.2 Å². The summed E-state index contributed by atoms with van der Waals surface area (Å²) in [6.07, 6.45) is 5.05. The summed E-state index contributed by atoms with van der Waals surface area (Å²) in [6, 6.07) is 0. The lowest BCUT2D eigenvalue weighted by Crippen LogP contribution is -2.11. The van der Waals surface area contributed by atoms with E-state index in [0.717, 1.165) is 12.2 Å². The Bertz CT molecular complexity index is 614. The third-order valence-corrected chi connectivity index (χ3v) is 2.96. The van der Waals surface area contributed by atoms with Gasteiger partial charge in [-0.3, -0.25) is 0 Å². The van der Waals surface area contributed by atoms with Gasteiger partial charge in [0.05, 0.1) is 30.5 Å². The minimum Gasteiger partial charge on any atom is -0.457 e. The van der Waals surface area contributed by atoms with E-state index in [4.69, 9.17) is 4.74 Å². The topological polar surface area (TPSA) is 74.8 Å². The summed E-state index contributed by atoms with van der Waals surface area (Å²) >= 11 is 0. The van der Waals surface area contributed by atoms with E-state index in [1.54, 1.807) is 24.1 Å². The summed E-state index contributed by atoms with van der Waals surface area (Å²) in [7, 11) is 0. The van der Waals surface area contributed by atoms with Crippen LogP contribution in [0.25, 0.3) is 0 Å². The maximum atomic E-state index is 11.8. The minimum atomic E-state index is -0.488. The highest BCUT2D eigenvalue weighted by Crippen LogP contribution is 2.09. The van der Waals surface area contributed by atoms with Gasteiger partial charge in [-0.25, -0.2) is 14.5 Å². The summed E-state index contributed by atoms with van der Waals surface area (Å²) in [5.41, 5.74) is 1.91. The van der Waals surface area contributed by atoms with Crippen LogP contribution in [0, 0.1) is 6.92 Å². The number of aryl methyl sites for hydroxylation is 1. The SMILES string of the molecule is C=CCOC(=O)c1nnn(Cc2cncn2CC)c1C. The first-order valence-electron chi connectivity index (χ1n) is 6.34. The van der Waals surface area contributed by atoms with Crippen LogP contribution in [0.1, 0.15) is 28.8 Å². The van der Waals surface area contributed by atoms with E-state index in [9.17, 15) is 4.79 Å². The zero-order chi connectivity index (χ0) is 14.5. The molecule has 0 atom stereocenters. The standard InChI is InChI=1S/C13H17N5O2/c1-4-6-20-13(19)12-10(3)18(16-15-12)8-11-7-14-9-17(11)5-2/h4,7,9H,1,5-6,8H2,2-3H3. The molecule has 0 fully saturated rings. The van der Waals surface area contributed by atoms with Crippen molar-refractivity contribution in [3.05, 3.63) is 42.3 Å². The van der Waals surface area contributed by atoms with Crippen molar-refractivity contribution < 1.29 is 9.53 Å². The maximum absolute atomic E-state index is 11.8. The van der Waals surface area contributed by atoms with Crippen molar-refractivity contribution in [1.29, 1.82) is 0 Å². The second-order valence-electron chi connectivity index (χ2n) is 4.24. The number of imidazole rings is 1. The zero-order valence-corrected chi connectivity index (χ0v) is 11.6. The third kappa shape index (κ3) is 2.76. The summed E-state index contributed by atoms with van der Waals surface area (Å²) < 4.78 is 8.63. The number of ether oxygens (including phenoxy) is 1. The van der Waals surface area contributed by atoms with Crippen LogP contribution in [0.5, 0.6) is 0 Å². The van der Waals surface area contributed by atoms with E-state index in [-0.39, 0.29) is 12.3 Å². The number of hydrogen-bond acceptors (Lipinski definition) is 5. The molecule has 2 aromatic rings. The molecule has 0 radical (unpaired) electrons. The predicted octanol–water partition coefficient (Wildman–Crippen LogP) is 1.19. The van der Waals surface area contributed by atoms with Gasteiger partial charge in [-0.1, -0.05) is 17.9 Å². The molecule has 0 saturated heterocycles. The molecule has 0 aliphatic rings. The molecule has 0 amide bonds. The first-order valence-corrected chi connectivity index (χ1v) is 6.34. The molecule has 0 unspecified atom stereocenters. The van der Waals surface area contributed by atoms with Crippen molar-refractivity contribution in [1.82, 2.24) is 24.5 Å². The van der Waals surface area contributed by atoms with Crippen molar-refractivity contribution >= 4 is 5.97 Å². The molecule has 0 bridgehead atoms. The molecule has 2 aromatic heterocycles. The van der Waals surface area contributed by atoms with Crippen LogP contribution >= 0.6 is 0 Å². The lowest BCUT2D eigenvalue weighted by atomic mass is 10.3. The Morgan fingerprint density at radius 1 is 1.55 bits per heavy atom. The number of esters is 1. The van der Waals surface area contributed by atoms with Gasteiger partial charge in [-0.15, -0.1) is 5.10 Å². The van der Waals surface area contributed by atoms with Gasteiger partial charge in [-0.05, 0) is 13.8 Å². The molecule has 2 rings (SSSR count). The van der Waals surface area contributed by atoms with E-state index in [0.29, 0.717) is 12.2 Å². The maximum Gasteiger partial charge on any atom is 0.361 e. The van der Waals surface area contributed by atoms with Crippen molar-refractivity contribution in [2.75, 3.05) is 6.61 Å². The molecular weight excluding hydrogens is 258 g/mol. The lowest BCUT2D eigenvalue weighted by Gasteiger charge is -2.06. The Hall–Kier alpha value is -2.44. The molecule has 0 saturated carbocycles. The average molecular weight is 275 g/mol. The quantitative estimate of drug-likeness (QED) is 0.585. The van der Waals surface area contributed by atoms with Crippen molar-refractivity contribution in [2.24, 2.45) is 0 Å². The van der Waals surface area contributed by atoms with Crippen molar-refractivity contribution in [3.8, 4) is 0 Å². The second-order valence-corrected chi connectivity index (χ2v) is 4.24. The number of nitrogens with zero attached hydrogens (tertiary/aromatic N) is 5. The van der Waals surface area contributed by atoms with E-state index >= 15 is 0 Å². The van der Waals surface area contributed by atoms with Gasteiger partial charge in [0.15, 0.2) is 5.69 Å². The number of rotatable bonds is 6. The molecule has 7 nitrogen and oxygen atoms in total. The number of carbonyl (C=O) groups excluding carboxylic acids is 1. The molecule has 2 heterocycles. The van der Waals surface area contributed by atoms with E-state index in [2.05, 4.69) is 21.9 Å². The number of hydrogen-bond donors (Lipinski definition) is 0. The van der Waals surface area contributed by atoms with Crippen LogP contribution in [-0.2, 0) is 17.8 Å². The smallest absolute Gasteiger partial charge is 0.361 e. The summed E-state index contributed by atoms with van der Waals surface area (Å²) in [5, 5.41) is 7.87. The van der Waals surface area contributed by atoms with Gasteiger partial charge in [0.25, 0.3) is 0 Å². The molecule has 0 spiro atoms. The van der Waals surface area contributed by atoms with Crippen LogP contribution in [0.4, 0.5) is 0 Å². The van der Waals surface area contributed by atoms with Gasteiger partial charge in [0, 0.05) is 6.54 Å². The minimum absolute atomic E-state index is 0.160. The molecule has 0 aromatic carbocycles. The Labute approximate surface area is 116 Å². The Morgan fingerprint density at radius 3 is 3.05 bits per heavy atom. The molecular formula is C13H17N5O2. The van der Waals surface area contributed by atoms with Crippen molar-refractivity contribution in [2.45, 2.75) is 26.9 Å². The van der Waals surface area contributed by atoms with Crippen LogP contribution in [0.3, 0.4) is 0 Å². The highest BCUT2D eigenvalue weighted by molar-refractivity contribution is 5.88. The molecule has 7 heteroatoms. The van der Waals surface area contributed by atoms with Crippen LogP contribution in [0.2, 0.25) is 0 Å². The summed E-state index contributed by atoms with van der Waals surface area (Å²) in [5.74, 6) is -0.488. The monoisotopic (exact) mass is 275 g/mol. The first-order chi connectivity index (χ1) is 9.67. The van der Waals surface area contributed by atoms with Crippen molar-refractivity contribution in [3.63, 3.8) is 0 Å². The fourth-order valence-electron chi connectivity index (χ4n) is 1.82. The van der Waals surface area contributed by atoms with Gasteiger partial charge in [0.1, 0.15) is 6.61 Å². The normalized spacial score (nSPS) is 10.5. The lowest BCUT2D eigenvalue weighted by molar-refractivity contribution is 0.0542. The number of carbonyl (C=O) groups is 1. The van der Waals surface area contributed by atoms with E-state index in [1.807, 2.05) is 11.5 Å². The Balaban J connectivity index is 2.16. The molecule has 106 valence electrons. The summed E-state index contributed by atoms with van der Waals surface area (Å²) in [4.78, 5) is 15.9. The third-order valence-electron chi connectivity index (χ3n) is 2.96. The summed E-state index contributed by atoms with van der Waals surface area (Å²) in [6.45, 7) is 8.83. The van der Waals surface area contributed by atoms with Crippen LogP contribution < -0.4 is 0 Å². The van der Waals surface area contributed by atoms with Crippen LogP contribution in [-0.4, -0.2) is 37.1 Å². The highest BCUT2D eigenvalue weighted by Gasteiger charge is 2.18. The molecule has 0 aliphatic carbocycles. The van der Waals surface area contributed by atoms with E-state index in [1.165, 1.54) is 6.08 Å². The van der Waals surface area contributed by atoms with Gasteiger partial charge in [0.2, 0.25) is 0 Å². The fourth-order valence-corrected chi connectivity index (χ4v) is 1.82. The predicted molar refractivity (Wildman–Crippen MR) is 72.2 cm³/mol. The molecule has 20 heavy (non-hydrogen) atoms. The Morgan fingerprint density at radius 2 is 2.35 bits per heavy atom.